The second-order valence-electron chi connectivity index (χ2n) is 7.54. The lowest BCUT2D eigenvalue weighted by atomic mass is 9.81. The number of aliphatic hydroxyl groups is 1. The van der Waals surface area contributed by atoms with Crippen LogP contribution in [0.1, 0.15) is 18.1 Å². The van der Waals surface area contributed by atoms with Gasteiger partial charge in [0.15, 0.2) is 0 Å². The molecule has 0 saturated carbocycles. The number of benzene rings is 1. The number of nitrogens with zero attached hydrogens (tertiary/aromatic N) is 1. The van der Waals surface area contributed by atoms with Gasteiger partial charge in [0.1, 0.15) is 5.92 Å². The van der Waals surface area contributed by atoms with Crippen LogP contribution in [0.5, 0.6) is 0 Å². The highest BCUT2D eigenvalue weighted by molar-refractivity contribution is 8.04. The topological polar surface area (TPSA) is 98.7 Å². The molecule has 7 nitrogen and oxygen atoms in total. The van der Waals surface area contributed by atoms with E-state index in [0.29, 0.717) is 16.2 Å². The number of piperidine rings is 1. The number of amides is 3. The summed E-state index contributed by atoms with van der Waals surface area (Å²) >= 11 is 1.23. The van der Waals surface area contributed by atoms with Gasteiger partial charge in [-0.2, -0.15) is 0 Å². The van der Waals surface area contributed by atoms with Crippen molar-refractivity contribution in [2.75, 3.05) is 19.4 Å². The molecular weight excluding hydrogens is 378 g/mol. The van der Waals surface area contributed by atoms with Gasteiger partial charge in [-0.3, -0.25) is 14.4 Å². The third-order valence-electron chi connectivity index (χ3n) is 5.36. The monoisotopic (exact) mass is 403 g/mol. The van der Waals surface area contributed by atoms with E-state index in [1.54, 1.807) is 27.1 Å². The quantitative estimate of drug-likeness (QED) is 0.663. The molecule has 2 aliphatic rings. The number of carbonyl (C=O) groups is 3. The van der Waals surface area contributed by atoms with Crippen molar-refractivity contribution in [3.05, 3.63) is 39.8 Å². The van der Waals surface area contributed by atoms with Crippen LogP contribution in [0.2, 0.25) is 0 Å². The molecule has 0 aromatic heterocycles. The smallest absolute Gasteiger partial charge is 0.259 e. The van der Waals surface area contributed by atoms with Crippen LogP contribution in [0.25, 0.3) is 0 Å². The van der Waals surface area contributed by atoms with Crippen molar-refractivity contribution in [2.45, 2.75) is 32.2 Å². The standard InChI is InChI=1S/C20H25N3O4S/c1-9-6-7-12(8-10(9)2)21-17(25)14-15(24)13-11(3)16(20(27)23(4)5)28-19(13)22-18(14)26/h6-8,13-15,19,24H,1-5H3,(H,21,25)(H,22,26). The Morgan fingerprint density at radius 2 is 1.86 bits per heavy atom. The summed E-state index contributed by atoms with van der Waals surface area (Å²) in [5, 5.41) is 15.9. The van der Waals surface area contributed by atoms with Crippen LogP contribution in [0.4, 0.5) is 5.69 Å². The molecule has 3 rings (SSSR count). The molecule has 1 aromatic rings. The first-order valence-electron chi connectivity index (χ1n) is 9.07. The minimum atomic E-state index is -1.24. The molecule has 1 fully saturated rings. The van der Waals surface area contributed by atoms with E-state index in [0.717, 1.165) is 11.1 Å². The first-order valence-corrected chi connectivity index (χ1v) is 9.95. The van der Waals surface area contributed by atoms with E-state index < -0.39 is 35.1 Å². The Morgan fingerprint density at radius 3 is 2.46 bits per heavy atom. The molecule has 2 aliphatic heterocycles. The average Bonchev–Trinajstić information content (AvgIpc) is 2.93. The van der Waals surface area contributed by atoms with E-state index in [9.17, 15) is 19.5 Å². The lowest BCUT2D eigenvalue weighted by molar-refractivity contribution is -0.142. The van der Waals surface area contributed by atoms with Crippen molar-refractivity contribution < 1.29 is 19.5 Å². The number of anilines is 1. The van der Waals surface area contributed by atoms with Crippen LogP contribution >= 0.6 is 11.8 Å². The molecule has 0 aliphatic carbocycles. The highest BCUT2D eigenvalue weighted by atomic mass is 32.2. The van der Waals surface area contributed by atoms with Gasteiger partial charge in [-0.1, -0.05) is 17.8 Å². The Bertz CT molecular complexity index is 880. The predicted octanol–water partition coefficient (Wildman–Crippen LogP) is 1.40. The number of nitrogens with one attached hydrogen (secondary N) is 2. The number of rotatable bonds is 3. The fourth-order valence-electron chi connectivity index (χ4n) is 3.55. The maximum Gasteiger partial charge on any atom is 0.259 e. The van der Waals surface area contributed by atoms with Gasteiger partial charge in [0.25, 0.3) is 5.91 Å². The number of aryl methyl sites for hydroxylation is 2. The van der Waals surface area contributed by atoms with Crippen molar-refractivity contribution in [2.24, 2.45) is 11.8 Å². The summed E-state index contributed by atoms with van der Waals surface area (Å²) < 4.78 is 0. The van der Waals surface area contributed by atoms with E-state index in [1.807, 2.05) is 26.0 Å². The molecule has 0 bridgehead atoms. The van der Waals surface area contributed by atoms with Crippen LogP contribution in [-0.2, 0) is 14.4 Å². The summed E-state index contributed by atoms with van der Waals surface area (Å²) in [7, 11) is 3.31. The molecule has 8 heteroatoms. The SMILES string of the molecule is CC1=C(C(=O)N(C)C)SC2NC(=O)C(C(=O)Nc3ccc(C)c(C)c3)C(O)C12. The largest absolute Gasteiger partial charge is 0.391 e. The Balaban J connectivity index is 1.83. The molecule has 4 unspecified atom stereocenters. The Hall–Kier alpha value is -2.32. The van der Waals surface area contributed by atoms with Crippen LogP contribution in [0, 0.1) is 25.7 Å². The highest BCUT2D eigenvalue weighted by Gasteiger charge is 2.52. The average molecular weight is 404 g/mol. The lowest BCUT2D eigenvalue weighted by Gasteiger charge is -2.36. The predicted molar refractivity (Wildman–Crippen MR) is 108 cm³/mol. The van der Waals surface area contributed by atoms with Gasteiger partial charge in [0, 0.05) is 25.7 Å². The number of carbonyl (C=O) groups excluding carboxylic acids is 3. The first kappa shape index (κ1) is 20.4. The molecule has 1 aromatic carbocycles. The van der Waals surface area contributed by atoms with Crippen LogP contribution < -0.4 is 10.6 Å². The van der Waals surface area contributed by atoms with Crippen LogP contribution in [0.3, 0.4) is 0 Å². The summed E-state index contributed by atoms with van der Waals surface area (Å²) in [6.45, 7) is 5.68. The number of fused-ring (bicyclic) bond motifs is 1. The zero-order chi connectivity index (χ0) is 20.7. The zero-order valence-electron chi connectivity index (χ0n) is 16.6. The van der Waals surface area contributed by atoms with Crippen LogP contribution in [-0.4, -0.2) is 53.3 Å². The second-order valence-corrected chi connectivity index (χ2v) is 8.69. The number of likely N-dealkylation sites (N-methyl/N-ethyl adjacent to an activating group) is 1. The molecular formula is C20H25N3O4S. The molecule has 1 saturated heterocycles. The first-order chi connectivity index (χ1) is 13.1. The highest BCUT2D eigenvalue weighted by Crippen LogP contribution is 2.46. The van der Waals surface area contributed by atoms with E-state index in [1.165, 1.54) is 16.7 Å². The summed E-state index contributed by atoms with van der Waals surface area (Å²) in [5.74, 6) is -3.00. The van der Waals surface area contributed by atoms with Crippen LogP contribution in [0.15, 0.2) is 28.7 Å². The summed E-state index contributed by atoms with van der Waals surface area (Å²) in [6.07, 6.45) is -1.20. The number of aliphatic hydroxyl groups excluding tert-OH is 1. The fourth-order valence-corrected chi connectivity index (χ4v) is 5.10. The van der Waals surface area contributed by atoms with Gasteiger partial charge >= 0.3 is 0 Å². The Kier molecular flexibility index (Phi) is 5.54. The summed E-state index contributed by atoms with van der Waals surface area (Å²) in [6, 6.07) is 5.48. The zero-order valence-corrected chi connectivity index (χ0v) is 17.4. The minimum Gasteiger partial charge on any atom is -0.391 e. The molecule has 0 radical (unpaired) electrons. The van der Waals surface area contributed by atoms with E-state index in [4.69, 9.17) is 0 Å². The van der Waals surface area contributed by atoms with Gasteiger partial charge in [0.05, 0.1) is 16.4 Å². The second kappa shape index (κ2) is 7.60. The van der Waals surface area contributed by atoms with Gasteiger partial charge in [-0.05, 0) is 49.6 Å². The summed E-state index contributed by atoms with van der Waals surface area (Å²) in [4.78, 5) is 39.7. The normalized spacial score (nSPS) is 26.6. The van der Waals surface area contributed by atoms with E-state index in [2.05, 4.69) is 10.6 Å². The molecule has 2 heterocycles. The number of hydrogen-bond donors (Lipinski definition) is 3. The van der Waals surface area contributed by atoms with E-state index in [-0.39, 0.29) is 5.91 Å². The minimum absolute atomic E-state index is 0.172. The summed E-state index contributed by atoms with van der Waals surface area (Å²) in [5.41, 5.74) is 3.39. The van der Waals surface area contributed by atoms with Gasteiger partial charge in [-0.15, -0.1) is 0 Å². The molecule has 150 valence electrons. The molecule has 28 heavy (non-hydrogen) atoms. The van der Waals surface area contributed by atoms with Gasteiger partial charge < -0.3 is 20.6 Å². The molecule has 0 spiro atoms. The van der Waals surface area contributed by atoms with Crippen molar-refractivity contribution in [1.82, 2.24) is 10.2 Å². The third kappa shape index (κ3) is 3.54. The maximum atomic E-state index is 12.8. The number of hydrogen-bond acceptors (Lipinski definition) is 5. The van der Waals surface area contributed by atoms with Crippen molar-refractivity contribution in [3.8, 4) is 0 Å². The van der Waals surface area contributed by atoms with Gasteiger partial charge in [0.2, 0.25) is 11.8 Å². The third-order valence-corrected chi connectivity index (χ3v) is 6.76. The van der Waals surface area contributed by atoms with Gasteiger partial charge in [-0.25, -0.2) is 0 Å². The lowest BCUT2D eigenvalue weighted by Crippen LogP contribution is -2.58. The van der Waals surface area contributed by atoms with E-state index >= 15 is 0 Å². The van der Waals surface area contributed by atoms with Crippen molar-refractivity contribution in [3.63, 3.8) is 0 Å². The van der Waals surface area contributed by atoms with Crippen molar-refractivity contribution in [1.29, 1.82) is 0 Å². The molecule has 4 atom stereocenters. The molecule has 3 N–H and O–H groups in total. The maximum absolute atomic E-state index is 12.8. The Labute approximate surface area is 168 Å². The van der Waals surface area contributed by atoms with Crippen molar-refractivity contribution >= 4 is 35.2 Å². The Morgan fingerprint density at radius 1 is 1.18 bits per heavy atom. The molecule has 3 amide bonds. The fraction of sp³-hybridized carbons (Fsp3) is 0.450. The number of thioether (sulfide) groups is 1.